The van der Waals surface area contributed by atoms with Gasteiger partial charge in [-0.05, 0) is 55.6 Å². The van der Waals surface area contributed by atoms with Gasteiger partial charge in [-0.25, -0.2) is 4.98 Å². The number of aliphatic hydroxyl groups is 1. The van der Waals surface area contributed by atoms with E-state index in [4.69, 9.17) is 26.1 Å². The molecule has 2 aliphatic rings. The van der Waals surface area contributed by atoms with Gasteiger partial charge in [0.1, 0.15) is 0 Å². The summed E-state index contributed by atoms with van der Waals surface area (Å²) < 4.78 is 11.1. The third-order valence-corrected chi connectivity index (χ3v) is 6.09. The Morgan fingerprint density at radius 3 is 2.69 bits per heavy atom. The molecule has 5 nitrogen and oxygen atoms in total. The molecule has 6 heteroatoms. The first-order valence-corrected chi connectivity index (χ1v) is 10.4. The Morgan fingerprint density at radius 2 is 1.90 bits per heavy atom. The minimum Gasteiger partial charge on any atom is -0.454 e. The summed E-state index contributed by atoms with van der Waals surface area (Å²) in [7, 11) is 0. The monoisotopic (exact) mass is 410 g/mol. The zero-order valence-corrected chi connectivity index (χ0v) is 16.9. The highest BCUT2D eigenvalue weighted by Gasteiger charge is 2.25. The SMILES string of the molecule is OCCC1CCCN1Cc1cc2cc3c(cc2nc1-c1ccc(Cl)cc1)OCO3. The van der Waals surface area contributed by atoms with Crippen LogP contribution >= 0.6 is 11.6 Å². The van der Waals surface area contributed by atoms with Gasteiger partial charge in [0.25, 0.3) is 0 Å². The molecule has 0 radical (unpaired) electrons. The van der Waals surface area contributed by atoms with Gasteiger partial charge in [0, 0.05) is 41.2 Å². The van der Waals surface area contributed by atoms with Crippen molar-refractivity contribution in [3.05, 3.63) is 53.1 Å². The Kier molecular flexibility index (Phi) is 5.04. The van der Waals surface area contributed by atoms with Crippen LogP contribution in [-0.2, 0) is 6.54 Å². The van der Waals surface area contributed by atoms with Gasteiger partial charge in [0.15, 0.2) is 11.5 Å². The molecule has 3 heterocycles. The lowest BCUT2D eigenvalue weighted by atomic mass is 10.0. The summed E-state index contributed by atoms with van der Waals surface area (Å²) in [4.78, 5) is 7.47. The van der Waals surface area contributed by atoms with Crippen molar-refractivity contribution >= 4 is 22.5 Å². The number of rotatable bonds is 5. The lowest BCUT2D eigenvalue weighted by Gasteiger charge is -2.25. The fourth-order valence-corrected chi connectivity index (χ4v) is 4.51. The highest BCUT2D eigenvalue weighted by atomic mass is 35.5. The Hall–Kier alpha value is -2.34. The molecule has 2 aromatic carbocycles. The number of hydrogen-bond donors (Lipinski definition) is 1. The molecule has 5 rings (SSSR count). The molecule has 150 valence electrons. The van der Waals surface area contributed by atoms with Gasteiger partial charge < -0.3 is 14.6 Å². The third kappa shape index (κ3) is 3.66. The summed E-state index contributed by atoms with van der Waals surface area (Å²) in [6, 6.07) is 14.4. The van der Waals surface area contributed by atoms with Gasteiger partial charge >= 0.3 is 0 Å². The van der Waals surface area contributed by atoms with Crippen LogP contribution in [0.5, 0.6) is 11.5 Å². The molecule has 1 aromatic heterocycles. The van der Waals surface area contributed by atoms with E-state index in [1.54, 1.807) is 0 Å². The second-order valence-electron chi connectivity index (χ2n) is 7.68. The predicted octanol–water partition coefficient (Wildman–Crippen LogP) is 4.63. The van der Waals surface area contributed by atoms with Crippen LogP contribution in [-0.4, -0.2) is 41.0 Å². The number of aliphatic hydroxyl groups excluding tert-OH is 1. The van der Waals surface area contributed by atoms with Crippen molar-refractivity contribution in [1.82, 2.24) is 9.88 Å². The van der Waals surface area contributed by atoms with E-state index in [1.165, 1.54) is 12.0 Å². The van der Waals surface area contributed by atoms with E-state index in [9.17, 15) is 5.11 Å². The average molecular weight is 411 g/mol. The van der Waals surface area contributed by atoms with Crippen LogP contribution in [0.3, 0.4) is 0 Å². The summed E-state index contributed by atoms with van der Waals surface area (Å²) in [6.07, 6.45) is 3.12. The number of hydrogen-bond acceptors (Lipinski definition) is 5. The number of benzene rings is 2. The maximum Gasteiger partial charge on any atom is 0.231 e. The molecule has 0 amide bonds. The van der Waals surface area contributed by atoms with Crippen molar-refractivity contribution in [2.45, 2.75) is 31.8 Å². The third-order valence-electron chi connectivity index (χ3n) is 5.84. The lowest BCUT2D eigenvalue weighted by Crippen LogP contribution is -2.30. The second kappa shape index (κ2) is 7.82. The number of nitrogens with zero attached hydrogens (tertiary/aromatic N) is 2. The smallest absolute Gasteiger partial charge is 0.231 e. The lowest BCUT2D eigenvalue weighted by molar-refractivity contribution is 0.174. The van der Waals surface area contributed by atoms with Gasteiger partial charge in [-0.1, -0.05) is 23.7 Å². The van der Waals surface area contributed by atoms with E-state index < -0.39 is 0 Å². The number of ether oxygens (including phenoxy) is 2. The number of aromatic nitrogens is 1. The van der Waals surface area contributed by atoms with Crippen LogP contribution in [0.1, 0.15) is 24.8 Å². The summed E-state index contributed by atoms with van der Waals surface area (Å²) in [5.41, 5.74) is 4.06. The quantitative estimate of drug-likeness (QED) is 0.664. The number of likely N-dealkylation sites (tertiary alicyclic amines) is 1. The van der Waals surface area contributed by atoms with Gasteiger partial charge in [0.2, 0.25) is 6.79 Å². The number of fused-ring (bicyclic) bond motifs is 2. The molecule has 0 saturated carbocycles. The molecule has 0 aliphatic carbocycles. The zero-order chi connectivity index (χ0) is 19.8. The van der Waals surface area contributed by atoms with E-state index >= 15 is 0 Å². The van der Waals surface area contributed by atoms with E-state index in [0.29, 0.717) is 11.1 Å². The minimum atomic E-state index is 0.227. The highest BCUT2D eigenvalue weighted by molar-refractivity contribution is 6.30. The Labute approximate surface area is 174 Å². The van der Waals surface area contributed by atoms with Gasteiger partial charge in [-0.2, -0.15) is 0 Å². The summed E-state index contributed by atoms with van der Waals surface area (Å²) in [5.74, 6) is 1.51. The first-order valence-electron chi connectivity index (χ1n) is 10.1. The summed E-state index contributed by atoms with van der Waals surface area (Å²) >= 11 is 6.11. The molecule has 3 aromatic rings. The van der Waals surface area contributed by atoms with Crippen molar-refractivity contribution in [2.24, 2.45) is 0 Å². The Morgan fingerprint density at radius 1 is 1.10 bits per heavy atom. The van der Waals surface area contributed by atoms with E-state index in [2.05, 4.69) is 11.0 Å². The number of pyridine rings is 1. The molecule has 1 atom stereocenters. The second-order valence-corrected chi connectivity index (χ2v) is 8.12. The summed E-state index contributed by atoms with van der Waals surface area (Å²) in [6.45, 7) is 2.33. The molecule has 1 N–H and O–H groups in total. The Bertz CT molecular complexity index is 1040. The fourth-order valence-electron chi connectivity index (χ4n) is 4.38. The highest BCUT2D eigenvalue weighted by Crippen LogP contribution is 2.38. The standard InChI is InChI=1S/C23H23ClN2O3/c24-18-5-3-15(4-6-18)23-17(13-26-8-1-2-19(26)7-9-27)10-16-11-21-22(29-14-28-21)12-20(16)25-23/h3-6,10-12,19,27H,1-2,7-9,13-14H2. The van der Waals surface area contributed by atoms with Crippen LogP contribution < -0.4 is 9.47 Å². The number of halogens is 1. The Balaban J connectivity index is 1.60. The van der Waals surface area contributed by atoms with Crippen molar-refractivity contribution in [1.29, 1.82) is 0 Å². The maximum absolute atomic E-state index is 9.42. The predicted molar refractivity (Wildman–Crippen MR) is 113 cm³/mol. The van der Waals surface area contributed by atoms with Crippen LogP contribution in [0.15, 0.2) is 42.5 Å². The van der Waals surface area contributed by atoms with Crippen LogP contribution in [0.25, 0.3) is 22.2 Å². The molecule has 1 unspecified atom stereocenters. The first kappa shape index (κ1) is 18.7. The van der Waals surface area contributed by atoms with Crippen molar-refractivity contribution in [3.63, 3.8) is 0 Å². The molecule has 0 spiro atoms. The van der Waals surface area contributed by atoms with Crippen molar-refractivity contribution in [3.8, 4) is 22.8 Å². The van der Waals surface area contributed by atoms with Crippen LogP contribution in [0.2, 0.25) is 5.02 Å². The van der Waals surface area contributed by atoms with Gasteiger partial charge in [0.05, 0.1) is 11.2 Å². The molecular formula is C23H23ClN2O3. The average Bonchev–Trinajstić information content (AvgIpc) is 3.36. The molecule has 2 aliphatic heterocycles. The zero-order valence-electron chi connectivity index (χ0n) is 16.1. The van der Waals surface area contributed by atoms with Crippen LogP contribution in [0, 0.1) is 0 Å². The van der Waals surface area contributed by atoms with E-state index in [0.717, 1.165) is 59.6 Å². The van der Waals surface area contributed by atoms with Gasteiger partial charge in [-0.3, -0.25) is 4.90 Å². The maximum atomic E-state index is 9.42. The summed E-state index contributed by atoms with van der Waals surface area (Å²) in [5, 5.41) is 11.2. The molecule has 1 fully saturated rings. The molecule has 29 heavy (non-hydrogen) atoms. The topological polar surface area (TPSA) is 54.8 Å². The van der Waals surface area contributed by atoms with Crippen molar-refractivity contribution < 1.29 is 14.6 Å². The fraction of sp³-hybridized carbons (Fsp3) is 0.348. The van der Waals surface area contributed by atoms with Crippen LogP contribution in [0.4, 0.5) is 0 Å². The minimum absolute atomic E-state index is 0.227. The molecular weight excluding hydrogens is 388 g/mol. The first-order chi connectivity index (χ1) is 14.2. The van der Waals surface area contributed by atoms with E-state index in [-0.39, 0.29) is 13.4 Å². The normalized spacial score (nSPS) is 18.6. The molecule has 0 bridgehead atoms. The van der Waals surface area contributed by atoms with Gasteiger partial charge in [-0.15, -0.1) is 0 Å². The van der Waals surface area contributed by atoms with Crippen molar-refractivity contribution in [2.75, 3.05) is 19.9 Å². The molecule has 1 saturated heterocycles. The largest absolute Gasteiger partial charge is 0.454 e. The van der Waals surface area contributed by atoms with E-state index in [1.807, 2.05) is 36.4 Å².